The predicted octanol–water partition coefficient (Wildman–Crippen LogP) is 3.75. The largest absolute Gasteiger partial charge is 0.443 e. The molecule has 1 radical (unpaired) electrons. The first-order valence-electron chi connectivity index (χ1n) is 6.64. The Morgan fingerprint density at radius 1 is 0.750 bits per heavy atom. The van der Waals surface area contributed by atoms with Crippen molar-refractivity contribution in [3.05, 3.63) is 84.7 Å². The minimum absolute atomic E-state index is 0.729. The van der Waals surface area contributed by atoms with Crippen LogP contribution in [0.1, 0.15) is 5.69 Å². The molecule has 0 saturated carbocycles. The van der Waals surface area contributed by atoms with E-state index < -0.39 is 0 Å². The fourth-order valence-corrected chi connectivity index (χ4v) is 2.12. The van der Waals surface area contributed by atoms with Crippen LogP contribution >= 0.6 is 0 Å². The number of fused-ring (bicyclic) bond motifs is 1. The first kappa shape index (κ1) is 12.8. The lowest BCUT2D eigenvalue weighted by molar-refractivity contribution is 0.345. The van der Waals surface area contributed by atoms with E-state index in [4.69, 9.17) is 4.65 Å². The smallest absolute Gasteiger partial charge is 0.413 e. The van der Waals surface area contributed by atoms with Gasteiger partial charge in [-0.3, -0.25) is 0 Å². The monoisotopic (exact) mass is 260 g/mol. The van der Waals surface area contributed by atoms with Gasteiger partial charge in [-0.15, -0.1) is 0 Å². The van der Waals surface area contributed by atoms with E-state index in [2.05, 4.69) is 48.5 Å². The molecule has 97 valence electrons. The molecule has 2 heterocycles. The molecule has 3 heteroatoms. The third kappa shape index (κ3) is 3.01. The molecule has 1 aliphatic heterocycles. The second-order valence-corrected chi connectivity index (χ2v) is 4.56. The van der Waals surface area contributed by atoms with E-state index in [0.717, 1.165) is 6.61 Å². The summed E-state index contributed by atoms with van der Waals surface area (Å²) in [6, 6.07) is 24.8. The third-order valence-corrected chi connectivity index (χ3v) is 3.17. The van der Waals surface area contributed by atoms with Crippen LogP contribution in [0.25, 0.3) is 11.1 Å². The SMILES string of the molecule is [B]1OCc2cccn21.c1ccc(-c2ccccc2)cc1. The van der Waals surface area contributed by atoms with Gasteiger partial charge in [-0.2, -0.15) is 0 Å². The van der Waals surface area contributed by atoms with Crippen LogP contribution in [0, 0.1) is 0 Å². The molecule has 0 bridgehead atoms. The van der Waals surface area contributed by atoms with Crippen LogP contribution in [0.5, 0.6) is 0 Å². The summed E-state index contributed by atoms with van der Waals surface area (Å²) in [7, 11) is 1.72. The van der Waals surface area contributed by atoms with Crippen molar-refractivity contribution in [2.45, 2.75) is 6.61 Å². The second kappa shape index (κ2) is 6.26. The Morgan fingerprint density at radius 3 is 1.90 bits per heavy atom. The van der Waals surface area contributed by atoms with Crippen LogP contribution in [-0.2, 0) is 11.3 Å². The standard InChI is InChI=1S/C12H10.C5H5BNO/c1-3-7-11(8-4-1)12-9-5-2-6-10-12;1-2-5-4-8-6-7(5)3-1/h1-10H;1-3H,4H2. The molecule has 1 aromatic heterocycles. The van der Waals surface area contributed by atoms with Crippen molar-refractivity contribution in [2.75, 3.05) is 0 Å². The van der Waals surface area contributed by atoms with Crippen molar-refractivity contribution in [3.8, 4) is 11.1 Å². The number of rotatable bonds is 1. The van der Waals surface area contributed by atoms with Gasteiger partial charge in [0.25, 0.3) is 0 Å². The van der Waals surface area contributed by atoms with Crippen molar-refractivity contribution in [2.24, 2.45) is 0 Å². The van der Waals surface area contributed by atoms with Crippen LogP contribution in [0.2, 0.25) is 0 Å². The molecule has 0 N–H and O–H groups in total. The van der Waals surface area contributed by atoms with Crippen LogP contribution < -0.4 is 0 Å². The van der Waals surface area contributed by atoms with Crippen molar-refractivity contribution in [3.63, 3.8) is 0 Å². The Labute approximate surface area is 119 Å². The molecule has 0 saturated heterocycles. The molecule has 1 aliphatic rings. The van der Waals surface area contributed by atoms with Gasteiger partial charge in [0.05, 0.1) is 6.61 Å². The van der Waals surface area contributed by atoms with E-state index in [-0.39, 0.29) is 0 Å². The molecule has 3 aromatic rings. The summed E-state index contributed by atoms with van der Waals surface area (Å²) >= 11 is 0. The molecule has 0 atom stereocenters. The van der Waals surface area contributed by atoms with Gasteiger partial charge >= 0.3 is 7.62 Å². The van der Waals surface area contributed by atoms with Gasteiger partial charge in [0.15, 0.2) is 0 Å². The second-order valence-electron chi connectivity index (χ2n) is 4.56. The molecule has 0 amide bonds. The number of aromatic nitrogens is 1. The van der Waals surface area contributed by atoms with Gasteiger partial charge in [-0.05, 0) is 29.5 Å². The first-order valence-corrected chi connectivity index (χ1v) is 6.64. The first-order chi connectivity index (χ1) is 9.93. The summed E-state index contributed by atoms with van der Waals surface area (Å²) < 4.78 is 6.97. The van der Waals surface area contributed by atoms with E-state index in [9.17, 15) is 0 Å². The lowest BCUT2D eigenvalue weighted by Gasteiger charge is -1.98. The Hall–Kier alpha value is -2.26. The van der Waals surface area contributed by atoms with E-state index in [1.54, 1.807) is 7.62 Å². The molecule has 2 aromatic carbocycles. The van der Waals surface area contributed by atoms with Crippen LogP contribution in [0.15, 0.2) is 79.0 Å². The maximum absolute atomic E-state index is 4.99. The number of nitrogens with zero attached hydrogens (tertiary/aromatic N) is 1. The zero-order chi connectivity index (χ0) is 13.6. The van der Waals surface area contributed by atoms with E-state index >= 15 is 0 Å². The number of benzene rings is 2. The van der Waals surface area contributed by atoms with E-state index in [0.29, 0.717) is 0 Å². The summed E-state index contributed by atoms with van der Waals surface area (Å²) in [4.78, 5) is 0. The summed E-state index contributed by atoms with van der Waals surface area (Å²) in [5.74, 6) is 0. The molecule has 0 aliphatic carbocycles. The molecular formula is C17H15BNO. The average molecular weight is 260 g/mol. The lowest BCUT2D eigenvalue weighted by Crippen LogP contribution is -1.97. The van der Waals surface area contributed by atoms with Crippen molar-refractivity contribution in [1.82, 2.24) is 4.48 Å². The highest BCUT2D eigenvalue weighted by atomic mass is 16.4. The fraction of sp³-hybridized carbons (Fsp3) is 0.0588. The van der Waals surface area contributed by atoms with E-state index in [1.807, 2.05) is 34.9 Å². The minimum atomic E-state index is 0.729. The lowest BCUT2D eigenvalue weighted by atomic mass is 10.1. The third-order valence-electron chi connectivity index (χ3n) is 3.17. The molecule has 20 heavy (non-hydrogen) atoms. The highest BCUT2D eigenvalue weighted by molar-refractivity contribution is 6.26. The van der Waals surface area contributed by atoms with Crippen molar-refractivity contribution in [1.29, 1.82) is 0 Å². The van der Waals surface area contributed by atoms with Gasteiger partial charge in [0.2, 0.25) is 0 Å². The number of hydrogen-bond acceptors (Lipinski definition) is 1. The normalized spacial score (nSPS) is 12.0. The summed E-state index contributed by atoms with van der Waals surface area (Å²) in [6.45, 7) is 0.729. The number of hydrogen-bond donors (Lipinski definition) is 0. The topological polar surface area (TPSA) is 14.2 Å². The van der Waals surface area contributed by atoms with Crippen molar-refractivity contribution < 1.29 is 4.65 Å². The van der Waals surface area contributed by atoms with Crippen LogP contribution in [-0.4, -0.2) is 12.1 Å². The summed E-state index contributed by atoms with van der Waals surface area (Å²) in [5.41, 5.74) is 3.78. The maximum Gasteiger partial charge on any atom is 0.443 e. The van der Waals surface area contributed by atoms with Gasteiger partial charge in [-0.25, -0.2) is 0 Å². The summed E-state index contributed by atoms with van der Waals surface area (Å²) in [6.07, 6.45) is 1.97. The Morgan fingerprint density at radius 2 is 1.35 bits per heavy atom. The van der Waals surface area contributed by atoms with Gasteiger partial charge in [0.1, 0.15) is 0 Å². The average Bonchev–Trinajstić information content (AvgIpc) is 3.14. The molecule has 0 fully saturated rings. The quantitative estimate of drug-likeness (QED) is 0.608. The zero-order valence-electron chi connectivity index (χ0n) is 11.1. The minimum Gasteiger partial charge on any atom is -0.413 e. The fourth-order valence-electron chi connectivity index (χ4n) is 2.12. The molecular weight excluding hydrogens is 245 g/mol. The Kier molecular flexibility index (Phi) is 4.00. The summed E-state index contributed by atoms with van der Waals surface area (Å²) in [5, 5.41) is 0. The Bertz CT molecular complexity index is 593. The van der Waals surface area contributed by atoms with Gasteiger partial charge in [0, 0.05) is 5.69 Å². The Balaban J connectivity index is 0.000000131. The van der Waals surface area contributed by atoms with Crippen LogP contribution in [0.3, 0.4) is 0 Å². The molecule has 0 unspecified atom stereocenters. The van der Waals surface area contributed by atoms with Crippen molar-refractivity contribution >= 4 is 7.62 Å². The zero-order valence-corrected chi connectivity index (χ0v) is 11.1. The molecule has 4 rings (SSSR count). The maximum atomic E-state index is 4.99. The highest BCUT2D eigenvalue weighted by Crippen LogP contribution is 2.17. The molecule has 0 spiro atoms. The van der Waals surface area contributed by atoms with E-state index in [1.165, 1.54) is 16.8 Å². The molecule has 2 nitrogen and oxygen atoms in total. The van der Waals surface area contributed by atoms with Gasteiger partial charge < -0.3 is 9.13 Å². The van der Waals surface area contributed by atoms with Gasteiger partial charge in [-0.1, -0.05) is 60.7 Å². The predicted molar refractivity (Wildman–Crippen MR) is 82.3 cm³/mol. The highest BCUT2D eigenvalue weighted by Gasteiger charge is 2.09. The van der Waals surface area contributed by atoms with Crippen LogP contribution in [0.4, 0.5) is 0 Å².